The number of halogens is 1. The van der Waals surface area contributed by atoms with Gasteiger partial charge in [-0.05, 0) is 18.2 Å². The Labute approximate surface area is 109 Å². The SMILES string of the molecule is CS(=O)(=O)c1cnn(-c2ccc(C(=N)N)cc2F)c1. The van der Waals surface area contributed by atoms with Gasteiger partial charge in [0.05, 0.1) is 6.20 Å². The molecule has 0 aliphatic carbocycles. The molecule has 0 fully saturated rings. The molecule has 1 aromatic heterocycles. The highest BCUT2D eigenvalue weighted by Crippen LogP contribution is 2.16. The van der Waals surface area contributed by atoms with Gasteiger partial charge in [0.2, 0.25) is 0 Å². The van der Waals surface area contributed by atoms with Gasteiger partial charge in [0.1, 0.15) is 22.2 Å². The Hall–Kier alpha value is -2.22. The van der Waals surface area contributed by atoms with Crippen LogP contribution in [0.25, 0.3) is 5.69 Å². The predicted octanol–water partition coefficient (Wildman–Crippen LogP) is 0.699. The van der Waals surface area contributed by atoms with E-state index in [1.807, 2.05) is 0 Å². The lowest BCUT2D eigenvalue weighted by atomic mass is 10.2. The summed E-state index contributed by atoms with van der Waals surface area (Å²) in [5.41, 5.74) is 5.58. The molecular formula is C11H11FN4O2S. The van der Waals surface area contributed by atoms with Crippen LogP contribution in [0.1, 0.15) is 5.56 Å². The molecule has 100 valence electrons. The maximum Gasteiger partial charge on any atom is 0.178 e. The molecule has 0 spiro atoms. The third kappa shape index (κ3) is 2.63. The van der Waals surface area contributed by atoms with Crippen molar-refractivity contribution < 1.29 is 12.8 Å². The molecule has 0 amide bonds. The number of sulfone groups is 1. The smallest absolute Gasteiger partial charge is 0.178 e. The van der Waals surface area contributed by atoms with Crippen molar-refractivity contribution >= 4 is 15.7 Å². The summed E-state index contributed by atoms with van der Waals surface area (Å²) in [6.07, 6.45) is 3.42. The highest BCUT2D eigenvalue weighted by Gasteiger charge is 2.13. The van der Waals surface area contributed by atoms with E-state index in [-0.39, 0.29) is 22.0 Å². The molecule has 6 nitrogen and oxygen atoms in total. The van der Waals surface area contributed by atoms with Crippen molar-refractivity contribution in [3.8, 4) is 5.69 Å². The van der Waals surface area contributed by atoms with E-state index in [0.717, 1.165) is 23.2 Å². The van der Waals surface area contributed by atoms with E-state index in [1.54, 1.807) is 0 Å². The standard InChI is InChI=1S/C11H11FN4O2S/c1-19(17,18)8-5-15-16(6-8)10-3-2-7(11(13)14)4-9(10)12/h2-6H,1H3,(H3,13,14). The van der Waals surface area contributed by atoms with E-state index in [2.05, 4.69) is 5.10 Å². The van der Waals surface area contributed by atoms with Gasteiger partial charge in [-0.2, -0.15) is 5.10 Å². The minimum atomic E-state index is -3.38. The van der Waals surface area contributed by atoms with Crippen LogP contribution in [0.2, 0.25) is 0 Å². The van der Waals surface area contributed by atoms with Gasteiger partial charge >= 0.3 is 0 Å². The zero-order valence-electron chi connectivity index (χ0n) is 9.96. The first-order valence-corrected chi connectivity index (χ1v) is 7.07. The average Bonchev–Trinajstić information content (AvgIpc) is 2.77. The van der Waals surface area contributed by atoms with E-state index < -0.39 is 15.7 Å². The number of nitrogens with one attached hydrogen (secondary N) is 1. The Kier molecular flexibility index (Phi) is 3.11. The normalized spacial score (nSPS) is 11.5. The van der Waals surface area contributed by atoms with Crippen LogP contribution in [0.5, 0.6) is 0 Å². The molecule has 2 aromatic rings. The van der Waals surface area contributed by atoms with Crippen LogP contribution in [-0.4, -0.2) is 30.3 Å². The number of rotatable bonds is 3. The molecule has 0 unspecified atom stereocenters. The summed E-state index contributed by atoms with van der Waals surface area (Å²) in [6, 6.07) is 3.94. The summed E-state index contributed by atoms with van der Waals surface area (Å²) in [4.78, 5) is 0.00236. The quantitative estimate of drug-likeness (QED) is 0.639. The van der Waals surface area contributed by atoms with Crippen molar-refractivity contribution in [1.29, 1.82) is 5.41 Å². The number of nitrogens with zero attached hydrogens (tertiary/aromatic N) is 2. The Morgan fingerprint density at radius 3 is 2.63 bits per heavy atom. The summed E-state index contributed by atoms with van der Waals surface area (Å²) in [5.74, 6) is -0.890. The number of nitrogen functional groups attached to an aromatic ring is 1. The van der Waals surface area contributed by atoms with Crippen molar-refractivity contribution in [3.05, 3.63) is 42.0 Å². The number of benzene rings is 1. The van der Waals surface area contributed by atoms with Crippen molar-refractivity contribution in [3.63, 3.8) is 0 Å². The molecule has 2 rings (SSSR count). The topological polar surface area (TPSA) is 102 Å². The van der Waals surface area contributed by atoms with Crippen LogP contribution in [0, 0.1) is 11.2 Å². The maximum absolute atomic E-state index is 13.8. The van der Waals surface area contributed by atoms with Crippen LogP contribution in [0.15, 0.2) is 35.5 Å². The summed E-state index contributed by atoms with van der Waals surface area (Å²) in [7, 11) is -3.38. The molecule has 1 aromatic carbocycles. The first-order valence-electron chi connectivity index (χ1n) is 5.18. The Morgan fingerprint density at radius 2 is 2.16 bits per heavy atom. The molecule has 0 bridgehead atoms. The number of amidine groups is 1. The highest BCUT2D eigenvalue weighted by atomic mass is 32.2. The Balaban J connectivity index is 2.48. The van der Waals surface area contributed by atoms with Crippen molar-refractivity contribution in [2.75, 3.05) is 6.26 Å². The van der Waals surface area contributed by atoms with Gasteiger partial charge in [-0.15, -0.1) is 0 Å². The maximum atomic E-state index is 13.8. The zero-order valence-corrected chi connectivity index (χ0v) is 10.8. The number of nitrogens with two attached hydrogens (primary N) is 1. The van der Waals surface area contributed by atoms with Gasteiger partial charge < -0.3 is 5.73 Å². The molecule has 0 saturated carbocycles. The van der Waals surface area contributed by atoms with Crippen molar-refractivity contribution in [1.82, 2.24) is 9.78 Å². The molecule has 0 aliphatic heterocycles. The van der Waals surface area contributed by atoms with Gasteiger partial charge in [-0.3, -0.25) is 5.41 Å². The molecule has 0 radical (unpaired) electrons. The minimum Gasteiger partial charge on any atom is -0.384 e. The number of hydrogen-bond acceptors (Lipinski definition) is 4. The monoisotopic (exact) mass is 282 g/mol. The van der Waals surface area contributed by atoms with Gasteiger partial charge in [-0.25, -0.2) is 17.5 Å². The molecule has 0 atom stereocenters. The number of hydrogen-bond donors (Lipinski definition) is 2. The summed E-state index contributed by atoms with van der Waals surface area (Å²) < 4.78 is 37.6. The number of aromatic nitrogens is 2. The summed E-state index contributed by atoms with van der Waals surface area (Å²) in [6.45, 7) is 0. The lowest BCUT2D eigenvalue weighted by molar-refractivity contribution is 0.601. The average molecular weight is 282 g/mol. The van der Waals surface area contributed by atoms with Gasteiger partial charge in [0.25, 0.3) is 0 Å². The largest absolute Gasteiger partial charge is 0.384 e. The van der Waals surface area contributed by atoms with Gasteiger partial charge in [0.15, 0.2) is 9.84 Å². The third-order valence-corrected chi connectivity index (χ3v) is 3.56. The van der Waals surface area contributed by atoms with E-state index in [4.69, 9.17) is 11.1 Å². The molecule has 0 saturated heterocycles. The molecule has 3 N–H and O–H groups in total. The Morgan fingerprint density at radius 1 is 1.47 bits per heavy atom. The van der Waals surface area contributed by atoms with Crippen LogP contribution in [0.4, 0.5) is 4.39 Å². The second-order valence-corrected chi connectivity index (χ2v) is 5.99. The first-order chi connectivity index (χ1) is 8.79. The van der Waals surface area contributed by atoms with E-state index in [1.165, 1.54) is 18.3 Å². The van der Waals surface area contributed by atoms with Gasteiger partial charge in [-0.1, -0.05) is 0 Å². The summed E-state index contributed by atoms with van der Waals surface area (Å²) in [5, 5.41) is 11.0. The zero-order chi connectivity index (χ0) is 14.2. The molecule has 0 aliphatic rings. The predicted molar refractivity (Wildman–Crippen MR) is 67.6 cm³/mol. The minimum absolute atomic E-state index is 0.00236. The fourth-order valence-corrected chi connectivity index (χ4v) is 2.02. The molecule has 1 heterocycles. The molecule has 8 heteroatoms. The fraction of sp³-hybridized carbons (Fsp3) is 0.0909. The summed E-state index contributed by atoms with van der Waals surface area (Å²) >= 11 is 0. The Bertz CT molecular complexity index is 752. The highest BCUT2D eigenvalue weighted by molar-refractivity contribution is 7.90. The van der Waals surface area contributed by atoms with Crippen molar-refractivity contribution in [2.45, 2.75) is 4.90 Å². The molecule has 19 heavy (non-hydrogen) atoms. The first kappa shape index (κ1) is 13.2. The van der Waals surface area contributed by atoms with E-state index >= 15 is 0 Å². The third-order valence-electron chi connectivity index (χ3n) is 2.49. The van der Waals surface area contributed by atoms with Crippen molar-refractivity contribution in [2.24, 2.45) is 5.73 Å². The fourth-order valence-electron chi connectivity index (χ4n) is 1.49. The van der Waals surface area contributed by atoms with Crippen LogP contribution >= 0.6 is 0 Å². The van der Waals surface area contributed by atoms with Crippen LogP contribution in [-0.2, 0) is 9.84 Å². The van der Waals surface area contributed by atoms with Crippen LogP contribution < -0.4 is 5.73 Å². The molecular weight excluding hydrogens is 271 g/mol. The van der Waals surface area contributed by atoms with E-state index in [9.17, 15) is 12.8 Å². The van der Waals surface area contributed by atoms with E-state index in [0.29, 0.717) is 0 Å². The van der Waals surface area contributed by atoms with Gasteiger partial charge in [0, 0.05) is 18.0 Å². The lowest BCUT2D eigenvalue weighted by Gasteiger charge is -2.05. The lowest BCUT2D eigenvalue weighted by Crippen LogP contribution is -2.12. The second-order valence-electron chi connectivity index (χ2n) is 3.97. The second kappa shape index (κ2) is 4.47. The van der Waals surface area contributed by atoms with Crippen LogP contribution in [0.3, 0.4) is 0 Å².